The molecule has 1 heterocycles. The lowest BCUT2D eigenvalue weighted by Crippen LogP contribution is -2.29. The Balaban J connectivity index is 1.60. The average molecular weight is 390 g/mol. The minimum Gasteiger partial charge on any atom is -0.356 e. The summed E-state index contributed by atoms with van der Waals surface area (Å²) in [5.74, 6) is -0.114. The van der Waals surface area contributed by atoms with Crippen LogP contribution < -0.4 is 10.9 Å². The fraction of sp³-hybridized carbons (Fsp3) is 0.211. The molecule has 134 valence electrons. The number of fused-ring (bicyclic) bond motifs is 1. The number of hydrogen-bond donors (Lipinski definition) is 1. The van der Waals surface area contributed by atoms with Crippen LogP contribution in [0.3, 0.4) is 0 Å². The number of carbonyl (C=O) groups is 1. The summed E-state index contributed by atoms with van der Waals surface area (Å²) in [7, 11) is 0. The molecule has 0 atom stereocenters. The van der Waals surface area contributed by atoms with Gasteiger partial charge in [0.05, 0.1) is 22.3 Å². The van der Waals surface area contributed by atoms with Crippen molar-refractivity contribution in [3.05, 3.63) is 74.8 Å². The molecule has 1 N–H and O–H groups in total. The van der Waals surface area contributed by atoms with Crippen LogP contribution in [0, 0.1) is 0 Å². The van der Waals surface area contributed by atoms with Crippen LogP contribution in [0.5, 0.6) is 0 Å². The minimum atomic E-state index is -0.267. The summed E-state index contributed by atoms with van der Waals surface area (Å²) in [4.78, 5) is 28.7. The topological polar surface area (TPSA) is 64.0 Å². The maximum atomic E-state index is 12.5. The van der Waals surface area contributed by atoms with E-state index in [9.17, 15) is 9.59 Å². The maximum absolute atomic E-state index is 12.5. The SMILES string of the molecule is O=C(CCn1cnc2c(Cl)cc(Cl)cc2c1=O)NCCc1ccccc1. The Bertz CT molecular complexity index is 987. The molecule has 0 unspecified atom stereocenters. The van der Waals surface area contributed by atoms with E-state index in [1.165, 1.54) is 17.0 Å². The molecule has 0 aliphatic heterocycles. The molecule has 3 rings (SSSR count). The number of halogens is 2. The van der Waals surface area contributed by atoms with Gasteiger partial charge in [-0.25, -0.2) is 4.98 Å². The lowest BCUT2D eigenvalue weighted by Gasteiger charge is -2.08. The quantitative estimate of drug-likeness (QED) is 0.701. The second-order valence-corrected chi connectivity index (χ2v) is 6.71. The first kappa shape index (κ1) is 18.4. The average Bonchev–Trinajstić information content (AvgIpc) is 2.62. The van der Waals surface area contributed by atoms with Crippen LogP contribution in [0.2, 0.25) is 10.0 Å². The summed E-state index contributed by atoms with van der Waals surface area (Å²) in [5, 5.41) is 3.90. The summed E-state index contributed by atoms with van der Waals surface area (Å²) in [6, 6.07) is 13.0. The summed E-state index contributed by atoms with van der Waals surface area (Å²) in [6.07, 6.45) is 2.36. The number of aromatic nitrogens is 2. The molecule has 7 heteroatoms. The fourth-order valence-corrected chi connectivity index (χ4v) is 3.20. The van der Waals surface area contributed by atoms with Crippen LogP contribution in [-0.2, 0) is 17.8 Å². The Morgan fingerprint density at radius 2 is 1.92 bits per heavy atom. The van der Waals surface area contributed by atoms with Crippen molar-refractivity contribution >= 4 is 40.0 Å². The second kappa shape index (κ2) is 8.34. The summed E-state index contributed by atoms with van der Waals surface area (Å²) in [5.41, 5.74) is 1.30. The third-order valence-corrected chi connectivity index (χ3v) is 4.51. The van der Waals surface area contributed by atoms with Crippen molar-refractivity contribution in [2.24, 2.45) is 0 Å². The number of rotatable bonds is 6. The zero-order valence-electron chi connectivity index (χ0n) is 13.9. The Hall–Kier alpha value is -2.37. The van der Waals surface area contributed by atoms with Gasteiger partial charge in [-0.3, -0.25) is 14.2 Å². The molecule has 5 nitrogen and oxygen atoms in total. The molecule has 26 heavy (non-hydrogen) atoms. The van der Waals surface area contributed by atoms with Gasteiger partial charge >= 0.3 is 0 Å². The van der Waals surface area contributed by atoms with Gasteiger partial charge in [0.1, 0.15) is 0 Å². The van der Waals surface area contributed by atoms with Crippen molar-refractivity contribution in [2.75, 3.05) is 6.54 Å². The molecule has 1 amide bonds. The van der Waals surface area contributed by atoms with E-state index in [1.807, 2.05) is 30.3 Å². The number of carbonyl (C=O) groups excluding carboxylic acids is 1. The van der Waals surface area contributed by atoms with Crippen LogP contribution in [0.15, 0.2) is 53.6 Å². The number of benzene rings is 2. The number of nitrogens with one attached hydrogen (secondary N) is 1. The minimum absolute atomic E-state index is 0.114. The van der Waals surface area contributed by atoms with Crippen molar-refractivity contribution in [1.82, 2.24) is 14.9 Å². The van der Waals surface area contributed by atoms with Crippen LogP contribution >= 0.6 is 23.2 Å². The highest BCUT2D eigenvalue weighted by Gasteiger charge is 2.10. The molecule has 0 fully saturated rings. The predicted octanol–water partition coefficient (Wildman–Crippen LogP) is 3.45. The fourth-order valence-electron chi connectivity index (χ4n) is 2.66. The highest BCUT2D eigenvalue weighted by Crippen LogP contribution is 2.23. The first-order valence-electron chi connectivity index (χ1n) is 8.19. The van der Waals surface area contributed by atoms with Crippen LogP contribution in [0.4, 0.5) is 0 Å². The van der Waals surface area contributed by atoms with E-state index in [0.717, 1.165) is 12.0 Å². The molecule has 0 saturated heterocycles. The van der Waals surface area contributed by atoms with Crippen molar-refractivity contribution in [3.63, 3.8) is 0 Å². The molecule has 0 aliphatic carbocycles. The molecule has 0 aliphatic rings. The normalized spacial score (nSPS) is 10.8. The first-order valence-corrected chi connectivity index (χ1v) is 8.95. The van der Waals surface area contributed by atoms with E-state index in [0.29, 0.717) is 27.5 Å². The monoisotopic (exact) mass is 389 g/mol. The van der Waals surface area contributed by atoms with Gasteiger partial charge in [0.15, 0.2) is 0 Å². The zero-order valence-corrected chi connectivity index (χ0v) is 15.4. The summed E-state index contributed by atoms with van der Waals surface area (Å²) < 4.78 is 1.39. The number of aryl methyl sites for hydroxylation is 1. The highest BCUT2D eigenvalue weighted by atomic mass is 35.5. The van der Waals surface area contributed by atoms with Gasteiger partial charge < -0.3 is 5.32 Å². The van der Waals surface area contributed by atoms with E-state index < -0.39 is 0 Å². The second-order valence-electron chi connectivity index (χ2n) is 5.86. The summed E-state index contributed by atoms with van der Waals surface area (Å²) in [6.45, 7) is 0.794. The number of amides is 1. The van der Waals surface area contributed by atoms with Crippen LogP contribution in [-0.4, -0.2) is 22.0 Å². The Labute approximate surface area is 160 Å². The van der Waals surface area contributed by atoms with Crippen molar-refractivity contribution in [1.29, 1.82) is 0 Å². The molecular weight excluding hydrogens is 373 g/mol. The van der Waals surface area contributed by atoms with Gasteiger partial charge in [-0.1, -0.05) is 53.5 Å². The number of hydrogen-bond acceptors (Lipinski definition) is 3. The lowest BCUT2D eigenvalue weighted by molar-refractivity contribution is -0.121. The van der Waals surface area contributed by atoms with E-state index >= 15 is 0 Å². The van der Waals surface area contributed by atoms with Crippen LogP contribution in [0.25, 0.3) is 10.9 Å². The van der Waals surface area contributed by atoms with Crippen molar-refractivity contribution < 1.29 is 4.79 Å². The maximum Gasteiger partial charge on any atom is 0.261 e. The summed E-state index contributed by atoms with van der Waals surface area (Å²) >= 11 is 12.0. The molecule has 0 spiro atoms. The number of nitrogens with zero attached hydrogens (tertiary/aromatic N) is 2. The van der Waals surface area contributed by atoms with E-state index in [2.05, 4.69) is 10.3 Å². The standard InChI is InChI=1S/C19H17Cl2N3O2/c20-14-10-15-18(16(21)11-14)23-12-24(19(15)26)9-7-17(25)22-8-6-13-4-2-1-3-5-13/h1-5,10-12H,6-9H2,(H,22,25). The van der Waals surface area contributed by atoms with Gasteiger partial charge in [0, 0.05) is 24.5 Å². The Morgan fingerprint density at radius 1 is 1.15 bits per heavy atom. The molecule has 1 aromatic heterocycles. The molecular formula is C19H17Cl2N3O2. The Kier molecular flexibility index (Phi) is 5.91. The smallest absolute Gasteiger partial charge is 0.261 e. The van der Waals surface area contributed by atoms with Gasteiger partial charge in [0.25, 0.3) is 5.56 Å². The third-order valence-electron chi connectivity index (χ3n) is 4.00. The Morgan fingerprint density at radius 3 is 2.69 bits per heavy atom. The molecule has 0 bridgehead atoms. The highest BCUT2D eigenvalue weighted by molar-refractivity contribution is 6.38. The van der Waals surface area contributed by atoms with E-state index in [-0.39, 0.29) is 24.4 Å². The van der Waals surface area contributed by atoms with Crippen LogP contribution in [0.1, 0.15) is 12.0 Å². The lowest BCUT2D eigenvalue weighted by atomic mass is 10.1. The molecule has 0 radical (unpaired) electrons. The van der Waals surface area contributed by atoms with E-state index in [4.69, 9.17) is 23.2 Å². The van der Waals surface area contributed by atoms with Gasteiger partial charge in [-0.05, 0) is 24.1 Å². The van der Waals surface area contributed by atoms with E-state index in [1.54, 1.807) is 6.07 Å². The molecule has 3 aromatic rings. The predicted molar refractivity (Wildman–Crippen MR) is 104 cm³/mol. The zero-order chi connectivity index (χ0) is 18.5. The molecule has 0 saturated carbocycles. The van der Waals surface area contributed by atoms with Crippen molar-refractivity contribution in [3.8, 4) is 0 Å². The van der Waals surface area contributed by atoms with Gasteiger partial charge in [0.2, 0.25) is 5.91 Å². The van der Waals surface area contributed by atoms with Gasteiger partial charge in [-0.2, -0.15) is 0 Å². The third kappa shape index (κ3) is 4.42. The van der Waals surface area contributed by atoms with Gasteiger partial charge in [-0.15, -0.1) is 0 Å². The molecule has 2 aromatic carbocycles. The largest absolute Gasteiger partial charge is 0.356 e. The van der Waals surface area contributed by atoms with Crippen molar-refractivity contribution in [2.45, 2.75) is 19.4 Å². The first-order chi connectivity index (χ1) is 12.5.